The fourth-order valence-electron chi connectivity index (χ4n) is 2.67. The number of hydrogen-bond donors (Lipinski definition) is 1. The zero-order valence-electron chi connectivity index (χ0n) is 9.41. The molecule has 2 aliphatic rings. The van der Waals surface area contributed by atoms with E-state index in [2.05, 4.69) is 5.32 Å². The van der Waals surface area contributed by atoms with E-state index < -0.39 is 0 Å². The molecule has 17 heavy (non-hydrogen) atoms. The monoisotopic (exact) mass is 251 g/mol. The third-order valence-corrected chi connectivity index (χ3v) is 3.83. The Bertz CT molecular complexity index is 461. The van der Waals surface area contributed by atoms with Gasteiger partial charge in [0.1, 0.15) is 0 Å². The quantitative estimate of drug-likeness (QED) is 0.780. The SMILES string of the molecule is O=C1OCCC1C1CCc2cc(Cl)ccc2N1. The van der Waals surface area contributed by atoms with Crippen molar-refractivity contribution in [3.8, 4) is 0 Å². The van der Waals surface area contributed by atoms with Gasteiger partial charge in [0, 0.05) is 16.8 Å². The molecule has 0 radical (unpaired) electrons. The molecule has 0 saturated carbocycles. The summed E-state index contributed by atoms with van der Waals surface area (Å²) in [6.07, 6.45) is 2.77. The molecule has 0 aromatic heterocycles. The molecule has 0 spiro atoms. The molecular formula is C13H14ClNO2. The lowest BCUT2D eigenvalue weighted by atomic mass is 9.89. The molecule has 90 valence electrons. The summed E-state index contributed by atoms with van der Waals surface area (Å²) in [6, 6.07) is 6.07. The van der Waals surface area contributed by atoms with Gasteiger partial charge in [0.05, 0.1) is 12.5 Å². The Morgan fingerprint density at radius 3 is 3.00 bits per heavy atom. The number of aryl methyl sites for hydroxylation is 1. The molecule has 1 N–H and O–H groups in total. The largest absolute Gasteiger partial charge is 0.465 e. The number of nitrogens with one attached hydrogen (secondary N) is 1. The average Bonchev–Trinajstić information content (AvgIpc) is 2.75. The Kier molecular flexibility index (Phi) is 2.71. The first-order valence-corrected chi connectivity index (χ1v) is 6.33. The minimum Gasteiger partial charge on any atom is -0.465 e. The smallest absolute Gasteiger partial charge is 0.311 e. The number of cyclic esters (lactones) is 1. The van der Waals surface area contributed by atoms with E-state index in [1.165, 1.54) is 5.56 Å². The number of rotatable bonds is 1. The van der Waals surface area contributed by atoms with Crippen LogP contribution in [0.5, 0.6) is 0 Å². The second kappa shape index (κ2) is 4.22. The molecular weight excluding hydrogens is 238 g/mol. The third-order valence-electron chi connectivity index (χ3n) is 3.59. The van der Waals surface area contributed by atoms with Crippen LogP contribution in [0, 0.1) is 5.92 Å². The first kappa shape index (κ1) is 10.9. The molecule has 1 aromatic rings. The van der Waals surface area contributed by atoms with E-state index in [0.29, 0.717) is 6.61 Å². The molecule has 0 amide bonds. The van der Waals surface area contributed by atoms with Crippen molar-refractivity contribution < 1.29 is 9.53 Å². The van der Waals surface area contributed by atoms with E-state index in [9.17, 15) is 4.79 Å². The van der Waals surface area contributed by atoms with E-state index in [1.807, 2.05) is 18.2 Å². The molecule has 1 saturated heterocycles. The predicted molar refractivity (Wildman–Crippen MR) is 66.2 cm³/mol. The first-order chi connectivity index (χ1) is 8.24. The summed E-state index contributed by atoms with van der Waals surface area (Å²) in [5.74, 6) is -0.0428. The first-order valence-electron chi connectivity index (χ1n) is 5.95. The van der Waals surface area contributed by atoms with Crippen LogP contribution in [0.3, 0.4) is 0 Å². The van der Waals surface area contributed by atoms with Crippen molar-refractivity contribution in [2.24, 2.45) is 5.92 Å². The molecule has 1 aromatic carbocycles. The fourth-order valence-corrected chi connectivity index (χ4v) is 2.87. The van der Waals surface area contributed by atoms with Crippen molar-refractivity contribution in [3.05, 3.63) is 28.8 Å². The summed E-state index contributed by atoms with van der Waals surface area (Å²) in [6.45, 7) is 0.565. The van der Waals surface area contributed by atoms with Crippen LogP contribution in [0.15, 0.2) is 18.2 Å². The summed E-state index contributed by atoms with van der Waals surface area (Å²) in [4.78, 5) is 11.6. The molecule has 1 fully saturated rings. The molecule has 2 heterocycles. The standard InChI is InChI=1S/C13H14ClNO2/c14-9-2-4-11-8(7-9)1-3-12(15-11)10-5-6-17-13(10)16/h2,4,7,10,12,15H,1,3,5-6H2. The van der Waals surface area contributed by atoms with Crippen LogP contribution in [0.2, 0.25) is 5.02 Å². The van der Waals surface area contributed by atoms with Crippen LogP contribution in [-0.2, 0) is 16.0 Å². The second-order valence-electron chi connectivity index (χ2n) is 4.65. The number of ether oxygens (including phenoxy) is 1. The molecule has 2 atom stereocenters. The molecule has 4 heteroatoms. The van der Waals surface area contributed by atoms with E-state index in [0.717, 1.165) is 30.0 Å². The zero-order valence-corrected chi connectivity index (χ0v) is 10.2. The summed E-state index contributed by atoms with van der Waals surface area (Å²) in [7, 11) is 0. The van der Waals surface area contributed by atoms with Gasteiger partial charge < -0.3 is 10.1 Å². The van der Waals surface area contributed by atoms with Crippen molar-refractivity contribution in [1.29, 1.82) is 0 Å². The van der Waals surface area contributed by atoms with Crippen molar-refractivity contribution >= 4 is 23.3 Å². The van der Waals surface area contributed by atoms with Crippen molar-refractivity contribution in [3.63, 3.8) is 0 Å². The summed E-state index contributed by atoms with van der Waals surface area (Å²) < 4.78 is 5.03. The summed E-state index contributed by atoms with van der Waals surface area (Å²) in [5, 5.41) is 4.20. The minimum atomic E-state index is -0.0556. The Hall–Kier alpha value is -1.22. The Balaban J connectivity index is 1.80. The number of benzene rings is 1. The van der Waals surface area contributed by atoms with Crippen LogP contribution in [0.25, 0.3) is 0 Å². The van der Waals surface area contributed by atoms with Gasteiger partial charge in [-0.1, -0.05) is 11.6 Å². The summed E-state index contributed by atoms with van der Waals surface area (Å²) >= 11 is 5.96. The normalized spacial score (nSPS) is 27.2. The number of carbonyl (C=O) groups is 1. The maximum atomic E-state index is 11.6. The molecule has 0 bridgehead atoms. The van der Waals surface area contributed by atoms with E-state index in [1.54, 1.807) is 0 Å². The van der Waals surface area contributed by atoms with Gasteiger partial charge in [0.2, 0.25) is 0 Å². The number of esters is 1. The van der Waals surface area contributed by atoms with Crippen molar-refractivity contribution in [2.75, 3.05) is 11.9 Å². The van der Waals surface area contributed by atoms with Gasteiger partial charge in [-0.25, -0.2) is 0 Å². The maximum absolute atomic E-state index is 11.6. The van der Waals surface area contributed by atoms with E-state index >= 15 is 0 Å². The zero-order chi connectivity index (χ0) is 11.8. The Morgan fingerprint density at radius 1 is 1.35 bits per heavy atom. The lowest BCUT2D eigenvalue weighted by molar-refractivity contribution is -0.141. The third kappa shape index (κ3) is 2.00. The number of halogens is 1. The average molecular weight is 252 g/mol. The number of carbonyl (C=O) groups excluding carboxylic acids is 1. The fraction of sp³-hybridized carbons (Fsp3) is 0.462. The molecule has 3 nitrogen and oxygen atoms in total. The van der Waals surface area contributed by atoms with Crippen molar-refractivity contribution in [1.82, 2.24) is 0 Å². The van der Waals surface area contributed by atoms with Gasteiger partial charge in [-0.2, -0.15) is 0 Å². The van der Waals surface area contributed by atoms with Crippen LogP contribution >= 0.6 is 11.6 Å². The number of anilines is 1. The lowest BCUT2D eigenvalue weighted by Crippen LogP contribution is -2.35. The van der Waals surface area contributed by atoms with Crippen LogP contribution < -0.4 is 5.32 Å². The van der Waals surface area contributed by atoms with Crippen LogP contribution in [-0.4, -0.2) is 18.6 Å². The van der Waals surface area contributed by atoms with Gasteiger partial charge in [0.15, 0.2) is 0 Å². The lowest BCUT2D eigenvalue weighted by Gasteiger charge is -2.29. The Morgan fingerprint density at radius 2 is 2.24 bits per heavy atom. The van der Waals surface area contributed by atoms with E-state index in [-0.39, 0.29) is 17.9 Å². The minimum absolute atomic E-state index is 0.0128. The van der Waals surface area contributed by atoms with Gasteiger partial charge in [-0.3, -0.25) is 4.79 Å². The highest BCUT2D eigenvalue weighted by molar-refractivity contribution is 6.30. The van der Waals surface area contributed by atoms with Gasteiger partial charge >= 0.3 is 5.97 Å². The van der Waals surface area contributed by atoms with Gasteiger partial charge in [-0.15, -0.1) is 0 Å². The molecule has 2 aliphatic heterocycles. The highest BCUT2D eigenvalue weighted by Gasteiger charge is 2.35. The maximum Gasteiger partial charge on any atom is 0.311 e. The topological polar surface area (TPSA) is 38.3 Å². The predicted octanol–water partition coefficient (Wildman–Crippen LogP) is 2.63. The van der Waals surface area contributed by atoms with Gasteiger partial charge in [-0.05, 0) is 43.0 Å². The second-order valence-corrected chi connectivity index (χ2v) is 5.09. The molecule has 3 rings (SSSR count). The molecule has 0 aliphatic carbocycles. The number of fused-ring (bicyclic) bond motifs is 1. The van der Waals surface area contributed by atoms with Crippen LogP contribution in [0.1, 0.15) is 18.4 Å². The molecule has 2 unspecified atom stereocenters. The van der Waals surface area contributed by atoms with Crippen molar-refractivity contribution in [2.45, 2.75) is 25.3 Å². The highest BCUT2D eigenvalue weighted by Crippen LogP contribution is 2.32. The van der Waals surface area contributed by atoms with E-state index in [4.69, 9.17) is 16.3 Å². The number of hydrogen-bond acceptors (Lipinski definition) is 3. The Labute approximate surface area is 105 Å². The van der Waals surface area contributed by atoms with Gasteiger partial charge in [0.25, 0.3) is 0 Å². The van der Waals surface area contributed by atoms with Crippen LogP contribution in [0.4, 0.5) is 5.69 Å². The highest BCUT2D eigenvalue weighted by atomic mass is 35.5. The summed E-state index contributed by atoms with van der Waals surface area (Å²) in [5.41, 5.74) is 2.34.